The van der Waals surface area contributed by atoms with E-state index in [1.807, 2.05) is 12.1 Å². The van der Waals surface area contributed by atoms with Gasteiger partial charge in [-0.15, -0.1) is 0 Å². The predicted molar refractivity (Wildman–Crippen MR) is 84.4 cm³/mol. The van der Waals surface area contributed by atoms with Gasteiger partial charge in [0.15, 0.2) is 6.10 Å². The van der Waals surface area contributed by atoms with Crippen LogP contribution in [-0.4, -0.2) is 43.0 Å². The summed E-state index contributed by atoms with van der Waals surface area (Å²) in [6.45, 7) is 3.92. The Kier molecular flexibility index (Phi) is 7.14. The second-order valence-electron chi connectivity index (χ2n) is 5.17. The zero-order valence-corrected chi connectivity index (χ0v) is 14.1. The minimum Gasteiger partial charge on any atom is -0.481 e. The monoisotopic (exact) mass is 359 g/mol. The van der Waals surface area contributed by atoms with Gasteiger partial charge in [0.1, 0.15) is 5.75 Å². The van der Waals surface area contributed by atoms with Crippen molar-refractivity contribution in [2.24, 2.45) is 0 Å². The number of hydrogen-bond acceptors (Lipinski definition) is 4. The summed E-state index contributed by atoms with van der Waals surface area (Å²) in [7, 11) is 1.57. The van der Waals surface area contributed by atoms with Crippen LogP contribution in [0.3, 0.4) is 0 Å². The molecule has 21 heavy (non-hydrogen) atoms. The largest absolute Gasteiger partial charge is 0.481 e. The summed E-state index contributed by atoms with van der Waals surface area (Å²) >= 11 is 3.34. The van der Waals surface area contributed by atoms with Gasteiger partial charge in [0.2, 0.25) is 0 Å². The molecule has 0 fully saturated rings. The summed E-state index contributed by atoms with van der Waals surface area (Å²) in [5, 5.41) is 12.7. The second-order valence-corrected chi connectivity index (χ2v) is 6.09. The lowest BCUT2D eigenvalue weighted by Gasteiger charge is -2.24. The highest BCUT2D eigenvalue weighted by atomic mass is 79.9. The maximum atomic E-state index is 11.9. The number of halogens is 1. The molecule has 1 aromatic rings. The third-order valence-electron chi connectivity index (χ3n) is 2.98. The highest BCUT2D eigenvalue weighted by Gasteiger charge is 2.23. The van der Waals surface area contributed by atoms with Gasteiger partial charge in [0.05, 0.1) is 5.60 Å². The molecule has 2 atom stereocenters. The molecule has 1 aromatic carbocycles. The second kappa shape index (κ2) is 8.36. The fraction of sp³-hybridized carbons (Fsp3) is 0.533. The lowest BCUT2D eigenvalue weighted by atomic mass is 10.0. The fourth-order valence-electron chi connectivity index (χ4n) is 1.60. The standard InChI is InChI=1S/C15H22BrNO4/c1-11(21-13-6-4-12(16)5-7-13)14(18)17-10-15(2,19)8-9-20-3/h4-7,11,19H,8-10H2,1-3H3,(H,17,18). The average Bonchev–Trinajstić information content (AvgIpc) is 2.45. The lowest BCUT2D eigenvalue weighted by molar-refractivity contribution is -0.128. The molecule has 0 aromatic heterocycles. The Morgan fingerprint density at radius 1 is 1.43 bits per heavy atom. The smallest absolute Gasteiger partial charge is 0.260 e. The molecule has 0 aliphatic rings. The predicted octanol–water partition coefficient (Wildman–Crippen LogP) is 2.12. The molecule has 0 saturated carbocycles. The maximum Gasteiger partial charge on any atom is 0.260 e. The molecule has 2 unspecified atom stereocenters. The van der Waals surface area contributed by atoms with E-state index >= 15 is 0 Å². The number of ether oxygens (including phenoxy) is 2. The van der Waals surface area contributed by atoms with Gasteiger partial charge in [0.25, 0.3) is 5.91 Å². The van der Waals surface area contributed by atoms with Crippen molar-refractivity contribution in [3.05, 3.63) is 28.7 Å². The van der Waals surface area contributed by atoms with Crippen LogP contribution in [0.1, 0.15) is 20.3 Å². The molecular formula is C15H22BrNO4. The molecule has 118 valence electrons. The summed E-state index contributed by atoms with van der Waals surface area (Å²) in [6, 6.07) is 7.25. The van der Waals surface area contributed by atoms with Gasteiger partial charge in [-0.05, 0) is 38.1 Å². The van der Waals surface area contributed by atoms with Gasteiger partial charge < -0.3 is 19.9 Å². The van der Waals surface area contributed by atoms with Crippen LogP contribution in [0.4, 0.5) is 0 Å². The zero-order valence-electron chi connectivity index (χ0n) is 12.6. The Bertz CT molecular complexity index is 447. The number of rotatable bonds is 8. The maximum absolute atomic E-state index is 11.9. The van der Waals surface area contributed by atoms with Crippen molar-refractivity contribution in [3.8, 4) is 5.75 Å². The van der Waals surface area contributed by atoms with Crippen LogP contribution < -0.4 is 10.1 Å². The van der Waals surface area contributed by atoms with E-state index < -0.39 is 11.7 Å². The molecule has 1 rings (SSSR count). The van der Waals surface area contributed by atoms with Crippen LogP contribution in [0.5, 0.6) is 5.75 Å². The van der Waals surface area contributed by atoms with E-state index in [0.29, 0.717) is 18.8 Å². The Hall–Kier alpha value is -1.11. The molecular weight excluding hydrogens is 338 g/mol. The number of carbonyl (C=O) groups excluding carboxylic acids is 1. The first kappa shape index (κ1) is 17.9. The third-order valence-corrected chi connectivity index (χ3v) is 3.51. The highest BCUT2D eigenvalue weighted by molar-refractivity contribution is 9.10. The molecule has 0 saturated heterocycles. The first-order valence-electron chi connectivity index (χ1n) is 6.75. The van der Waals surface area contributed by atoms with Crippen molar-refractivity contribution in [2.45, 2.75) is 32.0 Å². The van der Waals surface area contributed by atoms with Crippen molar-refractivity contribution >= 4 is 21.8 Å². The number of nitrogens with one attached hydrogen (secondary N) is 1. The van der Waals surface area contributed by atoms with Crippen LogP contribution in [0.25, 0.3) is 0 Å². The molecule has 0 bridgehead atoms. The number of methoxy groups -OCH3 is 1. The molecule has 0 heterocycles. The molecule has 0 aliphatic heterocycles. The van der Waals surface area contributed by atoms with Crippen LogP contribution in [0, 0.1) is 0 Å². The number of aliphatic hydroxyl groups is 1. The molecule has 0 spiro atoms. The van der Waals surface area contributed by atoms with Gasteiger partial charge in [-0.2, -0.15) is 0 Å². The Labute approximate surface area is 133 Å². The molecule has 0 aliphatic carbocycles. The third kappa shape index (κ3) is 6.93. The van der Waals surface area contributed by atoms with E-state index in [4.69, 9.17) is 9.47 Å². The van der Waals surface area contributed by atoms with Crippen LogP contribution in [-0.2, 0) is 9.53 Å². The van der Waals surface area contributed by atoms with E-state index in [2.05, 4.69) is 21.2 Å². The molecule has 0 radical (unpaired) electrons. The molecule has 5 nitrogen and oxygen atoms in total. The zero-order chi connectivity index (χ0) is 15.9. The number of amides is 1. The van der Waals surface area contributed by atoms with Crippen LogP contribution >= 0.6 is 15.9 Å². The Morgan fingerprint density at radius 3 is 2.62 bits per heavy atom. The van der Waals surface area contributed by atoms with Gasteiger partial charge in [-0.25, -0.2) is 0 Å². The van der Waals surface area contributed by atoms with Gasteiger partial charge in [-0.1, -0.05) is 15.9 Å². The Morgan fingerprint density at radius 2 is 2.05 bits per heavy atom. The normalized spacial score (nSPS) is 15.1. The first-order valence-corrected chi connectivity index (χ1v) is 7.54. The highest BCUT2D eigenvalue weighted by Crippen LogP contribution is 2.17. The van der Waals surface area contributed by atoms with E-state index in [1.165, 1.54) is 0 Å². The Balaban J connectivity index is 2.42. The summed E-state index contributed by atoms with van der Waals surface area (Å²) in [5.41, 5.74) is -0.997. The van der Waals surface area contributed by atoms with Crippen molar-refractivity contribution in [2.75, 3.05) is 20.3 Å². The summed E-state index contributed by atoms with van der Waals surface area (Å²) in [6.07, 6.45) is -0.185. The topological polar surface area (TPSA) is 67.8 Å². The van der Waals surface area contributed by atoms with Gasteiger partial charge >= 0.3 is 0 Å². The summed E-state index contributed by atoms with van der Waals surface area (Å²) < 4.78 is 11.4. The van der Waals surface area contributed by atoms with Crippen LogP contribution in [0.15, 0.2) is 28.7 Å². The summed E-state index contributed by atoms with van der Waals surface area (Å²) in [4.78, 5) is 11.9. The number of benzene rings is 1. The van der Waals surface area contributed by atoms with Crippen LogP contribution in [0.2, 0.25) is 0 Å². The minimum atomic E-state index is -0.997. The van der Waals surface area contributed by atoms with Crippen molar-refractivity contribution in [1.29, 1.82) is 0 Å². The quantitative estimate of drug-likeness (QED) is 0.745. The van der Waals surface area contributed by atoms with Crippen molar-refractivity contribution in [3.63, 3.8) is 0 Å². The molecule has 6 heteroatoms. The summed E-state index contributed by atoms with van der Waals surface area (Å²) in [5.74, 6) is 0.350. The van der Waals surface area contributed by atoms with E-state index in [-0.39, 0.29) is 12.5 Å². The van der Waals surface area contributed by atoms with E-state index in [0.717, 1.165) is 4.47 Å². The van der Waals surface area contributed by atoms with E-state index in [1.54, 1.807) is 33.1 Å². The lowest BCUT2D eigenvalue weighted by Crippen LogP contribution is -2.45. The SMILES string of the molecule is COCCC(C)(O)CNC(=O)C(C)Oc1ccc(Br)cc1. The fourth-order valence-corrected chi connectivity index (χ4v) is 1.87. The van der Waals surface area contributed by atoms with Crippen molar-refractivity contribution < 1.29 is 19.4 Å². The number of hydrogen-bond donors (Lipinski definition) is 2. The molecule has 1 amide bonds. The van der Waals surface area contributed by atoms with Gasteiger partial charge in [0, 0.05) is 31.2 Å². The average molecular weight is 360 g/mol. The van der Waals surface area contributed by atoms with E-state index in [9.17, 15) is 9.90 Å². The number of carbonyl (C=O) groups is 1. The van der Waals surface area contributed by atoms with Crippen molar-refractivity contribution in [1.82, 2.24) is 5.32 Å². The minimum absolute atomic E-state index is 0.156. The van der Waals surface area contributed by atoms with Gasteiger partial charge in [-0.3, -0.25) is 4.79 Å². The first-order chi connectivity index (χ1) is 9.84. The molecule has 2 N–H and O–H groups in total.